The highest BCUT2D eigenvalue weighted by Crippen LogP contribution is 2.23. The average Bonchev–Trinajstić information content (AvgIpc) is 2.85. The summed E-state index contributed by atoms with van der Waals surface area (Å²) >= 11 is 1.77. The molecular formula is C16H21NS. The number of aryl methyl sites for hydroxylation is 2. The molecule has 0 fully saturated rings. The number of likely N-dealkylation sites (N-methyl/N-ethyl adjacent to an activating group) is 1. The van der Waals surface area contributed by atoms with E-state index in [1.54, 1.807) is 11.3 Å². The molecule has 18 heavy (non-hydrogen) atoms. The first kappa shape index (κ1) is 13.3. The van der Waals surface area contributed by atoms with Gasteiger partial charge in [0.2, 0.25) is 0 Å². The van der Waals surface area contributed by atoms with E-state index in [-0.39, 0.29) is 0 Å². The lowest BCUT2D eigenvalue weighted by Gasteiger charge is -2.20. The van der Waals surface area contributed by atoms with Gasteiger partial charge in [0.1, 0.15) is 0 Å². The molecule has 0 aliphatic carbocycles. The van der Waals surface area contributed by atoms with Gasteiger partial charge in [-0.05, 0) is 60.3 Å². The highest BCUT2D eigenvalue weighted by atomic mass is 32.1. The van der Waals surface area contributed by atoms with Gasteiger partial charge in [0.25, 0.3) is 0 Å². The van der Waals surface area contributed by atoms with Crippen molar-refractivity contribution in [2.75, 3.05) is 6.54 Å². The van der Waals surface area contributed by atoms with E-state index in [1.807, 2.05) is 0 Å². The molecule has 2 aromatic rings. The molecule has 0 aliphatic heterocycles. The highest BCUT2D eigenvalue weighted by Gasteiger charge is 2.13. The molecule has 0 aliphatic rings. The summed E-state index contributed by atoms with van der Waals surface area (Å²) in [7, 11) is 0. The number of hydrogen-bond donors (Lipinski definition) is 1. The molecule has 2 heteroatoms. The highest BCUT2D eigenvalue weighted by molar-refractivity contribution is 7.07. The van der Waals surface area contributed by atoms with E-state index < -0.39 is 0 Å². The summed E-state index contributed by atoms with van der Waals surface area (Å²) < 4.78 is 0. The number of benzene rings is 1. The van der Waals surface area contributed by atoms with E-state index in [0.717, 1.165) is 13.0 Å². The van der Waals surface area contributed by atoms with Crippen molar-refractivity contribution in [3.05, 3.63) is 57.3 Å². The second-order valence-electron chi connectivity index (χ2n) is 4.81. The van der Waals surface area contributed by atoms with E-state index >= 15 is 0 Å². The molecule has 1 heterocycles. The van der Waals surface area contributed by atoms with Gasteiger partial charge in [-0.2, -0.15) is 11.3 Å². The quantitative estimate of drug-likeness (QED) is 0.846. The lowest BCUT2D eigenvalue weighted by atomic mass is 9.95. The maximum Gasteiger partial charge on any atom is 0.0363 e. The Labute approximate surface area is 114 Å². The van der Waals surface area contributed by atoms with E-state index in [0.29, 0.717) is 6.04 Å². The Morgan fingerprint density at radius 1 is 1.22 bits per heavy atom. The van der Waals surface area contributed by atoms with E-state index in [9.17, 15) is 0 Å². The van der Waals surface area contributed by atoms with Crippen molar-refractivity contribution in [2.45, 2.75) is 33.2 Å². The zero-order valence-electron chi connectivity index (χ0n) is 11.4. The van der Waals surface area contributed by atoms with Crippen LogP contribution in [0.25, 0.3) is 0 Å². The van der Waals surface area contributed by atoms with E-state index in [2.05, 4.69) is 61.1 Å². The first-order valence-electron chi connectivity index (χ1n) is 6.52. The molecule has 0 bridgehead atoms. The van der Waals surface area contributed by atoms with Crippen LogP contribution in [-0.4, -0.2) is 6.54 Å². The average molecular weight is 259 g/mol. The van der Waals surface area contributed by atoms with Crippen LogP contribution in [0.2, 0.25) is 0 Å². The lowest BCUT2D eigenvalue weighted by molar-refractivity contribution is 0.547. The largest absolute Gasteiger partial charge is 0.310 e. The van der Waals surface area contributed by atoms with Crippen LogP contribution in [0.5, 0.6) is 0 Å². The molecule has 96 valence electrons. The van der Waals surface area contributed by atoms with Crippen molar-refractivity contribution < 1.29 is 0 Å². The monoisotopic (exact) mass is 259 g/mol. The van der Waals surface area contributed by atoms with Crippen LogP contribution in [-0.2, 0) is 6.42 Å². The van der Waals surface area contributed by atoms with Crippen LogP contribution in [0.4, 0.5) is 0 Å². The van der Waals surface area contributed by atoms with Crippen LogP contribution >= 0.6 is 11.3 Å². The van der Waals surface area contributed by atoms with Crippen LogP contribution in [0.1, 0.15) is 35.2 Å². The molecule has 0 amide bonds. The fourth-order valence-corrected chi connectivity index (χ4v) is 3.00. The Morgan fingerprint density at radius 3 is 2.72 bits per heavy atom. The van der Waals surface area contributed by atoms with Crippen LogP contribution in [0, 0.1) is 13.8 Å². The summed E-state index contributed by atoms with van der Waals surface area (Å²) in [5.74, 6) is 0. The standard InChI is InChI=1S/C16H21NS/c1-4-17-16(10-14-7-8-18-11-14)15-9-12(2)5-6-13(15)3/h5-9,11,16-17H,4,10H2,1-3H3. The van der Waals surface area contributed by atoms with Gasteiger partial charge in [-0.15, -0.1) is 0 Å². The first-order valence-corrected chi connectivity index (χ1v) is 7.46. The predicted octanol–water partition coefficient (Wildman–Crippen LogP) is 4.26. The van der Waals surface area contributed by atoms with Crippen molar-refractivity contribution in [3.63, 3.8) is 0 Å². The molecule has 1 N–H and O–H groups in total. The summed E-state index contributed by atoms with van der Waals surface area (Å²) in [6, 6.07) is 9.37. The van der Waals surface area contributed by atoms with Gasteiger partial charge < -0.3 is 5.32 Å². The van der Waals surface area contributed by atoms with Gasteiger partial charge in [0.05, 0.1) is 0 Å². The lowest BCUT2D eigenvalue weighted by Crippen LogP contribution is -2.23. The number of nitrogens with one attached hydrogen (secondary N) is 1. The van der Waals surface area contributed by atoms with E-state index in [4.69, 9.17) is 0 Å². The van der Waals surface area contributed by atoms with Gasteiger partial charge >= 0.3 is 0 Å². The normalized spacial score (nSPS) is 12.6. The summed E-state index contributed by atoms with van der Waals surface area (Å²) in [6.07, 6.45) is 1.07. The fraction of sp³-hybridized carbons (Fsp3) is 0.375. The molecular weight excluding hydrogens is 238 g/mol. The van der Waals surface area contributed by atoms with Crippen molar-refractivity contribution in [1.82, 2.24) is 5.32 Å². The minimum atomic E-state index is 0.421. The number of rotatable bonds is 5. The molecule has 1 atom stereocenters. The van der Waals surface area contributed by atoms with Gasteiger partial charge in [-0.25, -0.2) is 0 Å². The molecule has 0 radical (unpaired) electrons. The molecule has 0 saturated carbocycles. The SMILES string of the molecule is CCNC(Cc1ccsc1)c1cc(C)ccc1C. The molecule has 1 nitrogen and oxygen atoms in total. The van der Waals surface area contributed by atoms with Crippen molar-refractivity contribution in [3.8, 4) is 0 Å². The Bertz CT molecular complexity index is 488. The maximum atomic E-state index is 3.61. The summed E-state index contributed by atoms with van der Waals surface area (Å²) in [4.78, 5) is 0. The Balaban J connectivity index is 2.26. The zero-order chi connectivity index (χ0) is 13.0. The van der Waals surface area contributed by atoms with Crippen molar-refractivity contribution in [1.29, 1.82) is 0 Å². The number of thiophene rings is 1. The first-order chi connectivity index (χ1) is 8.70. The molecule has 0 spiro atoms. The Morgan fingerprint density at radius 2 is 2.06 bits per heavy atom. The topological polar surface area (TPSA) is 12.0 Å². The van der Waals surface area contributed by atoms with Crippen LogP contribution in [0.3, 0.4) is 0 Å². The fourth-order valence-electron chi connectivity index (χ4n) is 2.32. The predicted molar refractivity (Wildman–Crippen MR) is 80.4 cm³/mol. The van der Waals surface area contributed by atoms with Gasteiger partial charge in [-0.3, -0.25) is 0 Å². The van der Waals surface area contributed by atoms with E-state index in [1.165, 1.54) is 22.3 Å². The second kappa shape index (κ2) is 6.17. The minimum absolute atomic E-state index is 0.421. The third-order valence-corrected chi connectivity index (χ3v) is 4.01. The third-order valence-electron chi connectivity index (χ3n) is 3.28. The zero-order valence-corrected chi connectivity index (χ0v) is 12.2. The Hall–Kier alpha value is -1.12. The van der Waals surface area contributed by atoms with Crippen molar-refractivity contribution in [2.24, 2.45) is 0 Å². The second-order valence-corrected chi connectivity index (χ2v) is 5.59. The summed E-state index contributed by atoms with van der Waals surface area (Å²) in [6.45, 7) is 7.54. The summed E-state index contributed by atoms with van der Waals surface area (Å²) in [5.41, 5.74) is 5.57. The molecule has 0 saturated heterocycles. The van der Waals surface area contributed by atoms with Gasteiger partial charge in [0.15, 0.2) is 0 Å². The van der Waals surface area contributed by atoms with Gasteiger partial charge in [0, 0.05) is 6.04 Å². The molecule has 1 unspecified atom stereocenters. The third kappa shape index (κ3) is 3.21. The molecule has 1 aromatic carbocycles. The van der Waals surface area contributed by atoms with Crippen molar-refractivity contribution >= 4 is 11.3 Å². The minimum Gasteiger partial charge on any atom is -0.310 e. The molecule has 2 rings (SSSR count). The molecule has 1 aromatic heterocycles. The number of hydrogen-bond acceptors (Lipinski definition) is 2. The van der Waals surface area contributed by atoms with Gasteiger partial charge in [-0.1, -0.05) is 30.7 Å². The van der Waals surface area contributed by atoms with Crippen LogP contribution < -0.4 is 5.32 Å². The van der Waals surface area contributed by atoms with Crippen LogP contribution in [0.15, 0.2) is 35.0 Å². The Kier molecular flexibility index (Phi) is 4.56. The smallest absolute Gasteiger partial charge is 0.0363 e. The summed E-state index contributed by atoms with van der Waals surface area (Å²) in [5, 5.41) is 8.01. The maximum absolute atomic E-state index is 3.61.